The molecule has 0 bridgehead atoms. The lowest BCUT2D eigenvalue weighted by Crippen LogP contribution is -2.22. The third kappa shape index (κ3) is 4.34. The molecule has 0 atom stereocenters. The molecule has 1 heterocycles. The molecule has 2 aromatic rings. The van der Waals surface area contributed by atoms with Crippen molar-refractivity contribution >= 4 is 0 Å². The van der Waals surface area contributed by atoms with Crippen molar-refractivity contribution in [2.45, 2.75) is 33.4 Å². The van der Waals surface area contributed by atoms with Gasteiger partial charge in [0.25, 0.3) is 0 Å². The van der Waals surface area contributed by atoms with Crippen LogP contribution in [0.15, 0.2) is 36.4 Å². The smallest absolute Gasteiger partial charge is 0.238 e. The van der Waals surface area contributed by atoms with E-state index in [0.29, 0.717) is 11.9 Å². The number of rotatable bonds is 5. The summed E-state index contributed by atoms with van der Waals surface area (Å²) in [6, 6.07) is 12.1. The van der Waals surface area contributed by atoms with Gasteiger partial charge in [-0.1, -0.05) is 26.0 Å². The third-order valence-corrected chi connectivity index (χ3v) is 2.60. The number of benzene rings is 1. The Bertz CT molecular complexity index is 523. The zero-order valence-electron chi connectivity index (χ0n) is 11.6. The Labute approximate surface area is 113 Å². The van der Waals surface area contributed by atoms with Crippen LogP contribution >= 0.6 is 0 Å². The summed E-state index contributed by atoms with van der Waals surface area (Å²) >= 11 is 0. The summed E-state index contributed by atoms with van der Waals surface area (Å²) in [5.41, 5.74) is 2.06. The summed E-state index contributed by atoms with van der Waals surface area (Å²) in [5.74, 6) is 1.29. The molecule has 0 saturated carbocycles. The van der Waals surface area contributed by atoms with Gasteiger partial charge in [-0.3, -0.25) is 0 Å². The van der Waals surface area contributed by atoms with Crippen molar-refractivity contribution in [3.63, 3.8) is 0 Å². The zero-order valence-corrected chi connectivity index (χ0v) is 11.6. The van der Waals surface area contributed by atoms with Crippen LogP contribution in [0.4, 0.5) is 0 Å². The summed E-state index contributed by atoms with van der Waals surface area (Å²) in [5, 5.41) is 11.5. The first kappa shape index (κ1) is 13.5. The van der Waals surface area contributed by atoms with Crippen molar-refractivity contribution in [1.29, 1.82) is 0 Å². The minimum Gasteiger partial charge on any atom is -0.438 e. The average molecular weight is 257 g/mol. The molecule has 4 heteroatoms. The molecular weight excluding hydrogens is 238 g/mol. The lowest BCUT2D eigenvalue weighted by atomic mass is 10.2. The Morgan fingerprint density at radius 1 is 1.16 bits per heavy atom. The molecule has 1 aromatic heterocycles. The molecule has 0 saturated heterocycles. The molecule has 2 rings (SSSR count). The quantitative estimate of drug-likeness (QED) is 0.894. The van der Waals surface area contributed by atoms with E-state index in [1.807, 2.05) is 43.3 Å². The number of aryl methyl sites for hydroxylation is 1. The fourth-order valence-corrected chi connectivity index (χ4v) is 1.60. The van der Waals surface area contributed by atoms with Crippen molar-refractivity contribution in [1.82, 2.24) is 15.5 Å². The second-order valence-corrected chi connectivity index (χ2v) is 4.82. The molecule has 0 radical (unpaired) electrons. The number of hydrogen-bond acceptors (Lipinski definition) is 4. The molecule has 4 nitrogen and oxygen atoms in total. The average Bonchev–Trinajstić information content (AvgIpc) is 2.38. The van der Waals surface area contributed by atoms with E-state index in [4.69, 9.17) is 4.74 Å². The molecule has 0 aliphatic rings. The van der Waals surface area contributed by atoms with Gasteiger partial charge in [-0.15, -0.1) is 5.10 Å². The predicted molar refractivity (Wildman–Crippen MR) is 75.3 cm³/mol. The van der Waals surface area contributed by atoms with Crippen molar-refractivity contribution in [2.75, 3.05) is 0 Å². The maximum atomic E-state index is 5.65. The molecule has 0 spiro atoms. The van der Waals surface area contributed by atoms with E-state index in [9.17, 15) is 0 Å². The van der Waals surface area contributed by atoms with Crippen molar-refractivity contribution in [2.24, 2.45) is 0 Å². The van der Waals surface area contributed by atoms with Gasteiger partial charge in [-0.25, -0.2) is 0 Å². The maximum absolute atomic E-state index is 5.65. The summed E-state index contributed by atoms with van der Waals surface area (Å²) in [6.45, 7) is 6.94. The number of ether oxygens (including phenoxy) is 1. The van der Waals surface area contributed by atoms with E-state index in [0.717, 1.165) is 23.6 Å². The minimum atomic E-state index is 0.435. The summed E-state index contributed by atoms with van der Waals surface area (Å²) in [6.07, 6.45) is 0. The van der Waals surface area contributed by atoms with E-state index in [1.54, 1.807) is 0 Å². The fraction of sp³-hybridized carbons (Fsp3) is 0.333. The topological polar surface area (TPSA) is 47.0 Å². The van der Waals surface area contributed by atoms with Crippen LogP contribution in [0.1, 0.15) is 25.1 Å². The Kier molecular flexibility index (Phi) is 4.47. The monoisotopic (exact) mass is 257 g/mol. The van der Waals surface area contributed by atoms with Crippen molar-refractivity contribution in [3.05, 3.63) is 47.7 Å². The lowest BCUT2D eigenvalue weighted by Gasteiger charge is -2.08. The molecule has 0 fully saturated rings. The molecule has 0 aliphatic heterocycles. The van der Waals surface area contributed by atoms with Crippen LogP contribution in [0.3, 0.4) is 0 Å². The van der Waals surface area contributed by atoms with Gasteiger partial charge in [0, 0.05) is 18.7 Å². The van der Waals surface area contributed by atoms with Crippen molar-refractivity contribution < 1.29 is 4.74 Å². The van der Waals surface area contributed by atoms with Gasteiger partial charge < -0.3 is 10.1 Å². The first-order chi connectivity index (χ1) is 9.13. The van der Waals surface area contributed by atoms with Gasteiger partial charge in [0.1, 0.15) is 5.75 Å². The van der Waals surface area contributed by atoms with Gasteiger partial charge in [-0.2, -0.15) is 5.10 Å². The standard InChI is InChI=1S/C15H19N3O/c1-11(2)16-10-13-7-8-15(18-17-13)19-14-6-4-5-12(3)9-14/h4-9,11,16H,10H2,1-3H3. The van der Waals surface area contributed by atoms with Crippen LogP contribution in [-0.4, -0.2) is 16.2 Å². The van der Waals surface area contributed by atoms with Gasteiger partial charge >= 0.3 is 0 Å². The van der Waals surface area contributed by atoms with Crippen LogP contribution < -0.4 is 10.1 Å². The predicted octanol–water partition coefficient (Wildman–Crippen LogP) is 3.08. The summed E-state index contributed by atoms with van der Waals surface area (Å²) < 4.78 is 5.65. The van der Waals surface area contributed by atoms with Gasteiger partial charge in [0.15, 0.2) is 0 Å². The van der Waals surface area contributed by atoms with Gasteiger partial charge in [0.2, 0.25) is 5.88 Å². The Morgan fingerprint density at radius 2 is 2.00 bits per heavy atom. The first-order valence-electron chi connectivity index (χ1n) is 6.44. The first-order valence-corrected chi connectivity index (χ1v) is 6.44. The highest BCUT2D eigenvalue weighted by molar-refractivity contribution is 5.30. The zero-order chi connectivity index (χ0) is 13.7. The summed E-state index contributed by atoms with van der Waals surface area (Å²) in [4.78, 5) is 0. The third-order valence-electron chi connectivity index (χ3n) is 2.60. The van der Waals surface area contributed by atoms with Crippen LogP contribution in [0, 0.1) is 6.92 Å². The number of aromatic nitrogens is 2. The lowest BCUT2D eigenvalue weighted by molar-refractivity contribution is 0.452. The highest BCUT2D eigenvalue weighted by Crippen LogP contribution is 2.19. The highest BCUT2D eigenvalue weighted by Gasteiger charge is 2.01. The summed E-state index contributed by atoms with van der Waals surface area (Å²) in [7, 11) is 0. The Morgan fingerprint density at radius 3 is 2.63 bits per heavy atom. The number of nitrogens with zero attached hydrogens (tertiary/aromatic N) is 2. The second-order valence-electron chi connectivity index (χ2n) is 4.82. The largest absolute Gasteiger partial charge is 0.438 e. The number of nitrogens with one attached hydrogen (secondary N) is 1. The second kappa shape index (κ2) is 6.29. The SMILES string of the molecule is Cc1cccc(Oc2ccc(CNC(C)C)nn2)c1. The number of hydrogen-bond donors (Lipinski definition) is 1. The molecule has 1 N–H and O–H groups in total. The van der Waals surface area contributed by atoms with E-state index < -0.39 is 0 Å². The molecule has 0 aliphatic carbocycles. The molecule has 19 heavy (non-hydrogen) atoms. The fourth-order valence-electron chi connectivity index (χ4n) is 1.60. The van der Waals surface area contributed by atoms with Gasteiger partial charge in [-0.05, 0) is 30.7 Å². The molecular formula is C15H19N3O. The van der Waals surface area contributed by atoms with E-state index in [1.165, 1.54) is 0 Å². The van der Waals surface area contributed by atoms with E-state index >= 15 is 0 Å². The van der Waals surface area contributed by atoms with Crippen LogP contribution in [-0.2, 0) is 6.54 Å². The van der Waals surface area contributed by atoms with Crippen LogP contribution in [0.25, 0.3) is 0 Å². The van der Waals surface area contributed by atoms with Gasteiger partial charge in [0.05, 0.1) is 5.69 Å². The molecule has 100 valence electrons. The maximum Gasteiger partial charge on any atom is 0.238 e. The van der Waals surface area contributed by atoms with Crippen molar-refractivity contribution in [3.8, 4) is 11.6 Å². The minimum absolute atomic E-state index is 0.435. The Hall–Kier alpha value is -1.94. The molecule has 1 aromatic carbocycles. The Balaban J connectivity index is 1.98. The van der Waals surface area contributed by atoms with Crippen LogP contribution in [0.5, 0.6) is 11.6 Å². The highest BCUT2D eigenvalue weighted by atomic mass is 16.5. The molecule has 0 amide bonds. The normalized spacial score (nSPS) is 10.7. The van der Waals surface area contributed by atoms with E-state index in [-0.39, 0.29) is 0 Å². The molecule has 0 unspecified atom stereocenters. The van der Waals surface area contributed by atoms with Crippen LogP contribution in [0.2, 0.25) is 0 Å². The van der Waals surface area contributed by atoms with E-state index in [2.05, 4.69) is 29.4 Å².